The number of fused-ring (bicyclic) bond motifs is 1. The van der Waals surface area contributed by atoms with E-state index in [1.54, 1.807) is 11.3 Å². The van der Waals surface area contributed by atoms with Gasteiger partial charge in [0, 0.05) is 16.8 Å². The standard InChI is InChI=1S/C17H16N2OS/c1-2-19(12-14-7-5-11-21-14)17(20)16-10-9-13-6-3-4-8-15(13)18-16/h3-11H,2,12H2,1H3. The molecule has 0 fully saturated rings. The highest BCUT2D eigenvalue weighted by Crippen LogP contribution is 2.16. The van der Waals surface area contributed by atoms with E-state index in [0.717, 1.165) is 10.9 Å². The Morgan fingerprint density at radius 1 is 1.14 bits per heavy atom. The van der Waals surface area contributed by atoms with Crippen molar-refractivity contribution in [1.82, 2.24) is 9.88 Å². The molecule has 0 saturated carbocycles. The fourth-order valence-corrected chi connectivity index (χ4v) is 2.98. The first kappa shape index (κ1) is 13.8. The smallest absolute Gasteiger partial charge is 0.272 e. The Morgan fingerprint density at radius 3 is 2.76 bits per heavy atom. The molecule has 1 aromatic carbocycles. The highest BCUT2D eigenvalue weighted by atomic mass is 32.1. The molecule has 0 atom stereocenters. The second kappa shape index (κ2) is 6.06. The number of aromatic nitrogens is 1. The lowest BCUT2D eigenvalue weighted by atomic mass is 10.2. The van der Waals surface area contributed by atoms with Gasteiger partial charge in [-0.3, -0.25) is 4.79 Å². The van der Waals surface area contributed by atoms with Crippen LogP contribution < -0.4 is 0 Å². The Bertz CT molecular complexity index is 752. The van der Waals surface area contributed by atoms with Crippen LogP contribution in [0.2, 0.25) is 0 Å². The molecule has 2 aromatic heterocycles. The van der Waals surface area contributed by atoms with Crippen LogP contribution in [0.4, 0.5) is 0 Å². The van der Waals surface area contributed by atoms with Gasteiger partial charge in [0.1, 0.15) is 5.69 Å². The summed E-state index contributed by atoms with van der Waals surface area (Å²) in [6, 6.07) is 15.7. The molecule has 0 N–H and O–H groups in total. The maximum absolute atomic E-state index is 12.6. The number of rotatable bonds is 4. The number of thiophene rings is 1. The second-order valence-corrected chi connectivity index (χ2v) is 5.82. The van der Waals surface area contributed by atoms with Gasteiger partial charge in [-0.25, -0.2) is 4.98 Å². The number of pyridine rings is 1. The van der Waals surface area contributed by atoms with Crippen molar-refractivity contribution in [3.63, 3.8) is 0 Å². The fourth-order valence-electron chi connectivity index (χ4n) is 2.27. The summed E-state index contributed by atoms with van der Waals surface area (Å²) in [4.78, 5) is 20.1. The number of hydrogen-bond donors (Lipinski definition) is 0. The Hall–Kier alpha value is -2.20. The molecule has 0 spiro atoms. The second-order valence-electron chi connectivity index (χ2n) is 4.79. The van der Waals surface area contributed by atoms with Gasteiger partial charge in [0.05, 0.1) is 12.1 Å². The van der Waals surface area contributed by atoms with E-state index in [1.807, 2.05) is 59.7 Å². The third-order valence-corrected chi connectivity index (χ3v) is 4.27. The van der Waals surface area contributed by atoms with E-state index < -0.39 is 0 Å². The molecular formula is C17H16N2OS. The van der Waals surface area contributed by atoms with E-state index in [0.29, 0.717) is 18.8 Å². The van der Waals surface area contributed by atoms with Crippen LogP contribution in [0, 0.1) is 0 Å². The Kier molecular flexibility index (Phi) is 3.97. The van der Waals surface area contributed by atoms with Crippen molar-refractivity contribution in [3.8, 4) is 0 Å². The highest BCUT2D eigenvalue weighted by molar-refractivity contribution is 7.09. The maximum Gasteiger partial charge on any atom is 0.272 e. The molecule has 0 saturated heterocycles. The van der Waals surface area contributed by atoms with Crippen LogP contribution in [0.1, 0.15) is 22.3 Å². The largest absolute Gasteiger partial charge is 0.332 e. The van der Waals surface area contributed by atoms with E-state index in [4.69, 9.17) is 0 Å². The summed E-state index contributed by atoms with van der Waals surface area (Å²) in [6.45, 7) is 3.30. The SMILES string of the molecule is CCN(Cc1cccs1)C(=O)c1ccc2ccccc2n1. The minimum atomic E-state index is -0.0170. The average Bonchev–Trinajstić information content (AvgIpc) is 3.04. The zero-order valence-electron chi connectivity index (χ0n) is 11.8. The Labute approximate surface area is 127 Å². The van der Waals surface area contributed by atoms with E-state index in [1.165, 1.54) is 4.88 Å². The van der Waals surface area contributed by atoms with Crippen molar-refractivity contribution < 1.29 is 4.79 Å². The molecule has 1 amide bonds. The molecule has 0 aliphatic rings. The number of benzene rings is 1. The number of carbonyl (C=O) groups is 1. The minimum absolute atomic E-state index is 0.0170. The van der Waals surface area contributed by atoms with Gasteiger partial charge in [-0.1, -0.05) is 30.3 Å². The van der Waals surface area contributed by atoms with Gasteiger partial charge in [0.2, 0.25) is 0 Å². The monoisotopic (exact) mass is 296 g/mol. The maximum atomic E-state index is 12.6. The van der Waals surface area contributed by atoms with Crippen LogP contribution in [0.5, 0.6) is 0 Å². The normalized spacial score (nSPS) is 10.7. The van der Waals surface area contributed by atoms with Crippen LogP contribution in [-0.4, -0.2) is 22.3 Å². The number of carbonyl (C=O) groups excluding carboxylic acids is 1. The van der Waals surface area contributed by atoms with Crippen molar-refractivity contribution in [1.29, 1.82) is 0 Å². The Morgan fingerprint density at radius 2 is 2.00 bits per heavy atom. The lowest BCUT2D eigenvalue weighted by Crippen LogP contribution is -2.30. The van der Waals surface area contributed by atoms with E-state index in [-0.39, 0.29) is 5.91 Å². The first-order valence-electron chi connectivity index (χ1n) is 6.95. The van der Waals surface area contributed by atoms with Crippen molar-refractivity contribution >= 4 is 28.1 Å². The molecule has 0 radical (unpaired) electrons. The molecule has 3 aromatic rings. The summed E-state index contributed by atoms with van der Waals surface area (Å²) in [5, 5.41) is 3.08. The summed E-state index contributed by atoms with van der Waals surface area (Å²) in [5.74, 6) is -0.0170. The van der Waals surface area contributed by atoms with Gasteiger partial charge in [0.25, 0.3) is 5.91 Å². The quantitative estimate of drug-likeness (QED) is 0.730. The molecule has 0 bridgehead atoms. The molecule has 0 aliphatic heterocycles. The third kappa shape index (κ3) is 2.95. The summed E-state index contributed by atoms with van der Waals surface area (Å²) in [7, 11) is 0. The van der Waals surface area contributed by atoms with Crippen molar-refractivity contribution in [2.24, 2.45) is 0 Å². The van der Waals surface area contributed by atoms with Gasteiger partial charge < -0.3 is 4.90 Å². The summed E-state index contributed by atoms with van der Waals surface area (Å²) in [5.41, 5.74) is 1.36. The summed E-state index contributed by atoms with van der Waals surface area (Å²) >= 11 is 1.67. The van der Waals surface area contributed by atoms with Crippen molar-refractivity contribution in [2.75, 3.05) is 6.54 Å². The summed E-state index contributed by atoms with van der Waals surface area (Å²) in [6.07, 6.45) is 0. The van der Waals surface area contributed by atoms with Gasteiger partial charge in [-0.2, -0.15) is 0 Å². The first-order chi connectivity index (χ1) is 10.3. The molecule has 106 valence electrons. The minimum Gasteiger partial charge on any atom is -0.332 e. The van der Waals surface area contributed by atoms with E-state index >= 15 is 0 Å². The van der Waals surface area contributed by atoms with Gasteiger partial charge in [-0.15, -0.1) is 11.3 Å². The molecule has 0 aliphatic carbocycles. The lowest BCUT2D eigenvalue weighted by molar-refractivity contribution is 0.0748. The van der Waals surface area contributed by atoms with Crippen molar-refractivity contribution in [3.05, 3.63) is 64.5 Å². The molecule has 3 rings (SSSR count). The number of para-hydroxylation sites is 1. The number of nitrogens with zero attached hydrogens (tertiary/aromatic N) is 2. The molecule has 21 heavy (non-hydrogen) atoms. The highest BCUT2D eigenvalue weighted by Gasteiger charge is 2.16. The third-order valence-electron chi connectivity index (χ3n) is 3.41. The van der Waals surface area contributed by atoms with Crippen LogP contribution in [-0.2, 0) is 6.54 Å². The predicted molar refractivity (Wildman–Crippen MR) is 86.5 cm³/mol. The zero-order valence-corrected chi connectivity index (χ0v) is 12.6. The number of amides is 1. The van der Waals surface area contributed by atoms with Crippen LogP contribution in [0.15, 0.2) is 53.9 Å². The Balaban J connectivity index is 1.87. The molecule has 4 heteroatoms. The molecular weight excluding hydrogens is 280 g/mol. The van der Waals surface area contributed by atoms with Crippen LogP contribution in [0.3, 0.4) is 0 Å². The lowest BCUT2D eigenvalue weighted by Gasteiger charge is -2.19. The number of hydrogen-bond acceptors (Lipinski definition) is 3. The van der Waals surface area contributed by atoms with E-state index in [2.05, 4.69) is 11.1 Å². The van der Waals surface area contributed by atoms with Crippen LogP contribution in [0.25, 0.3) is 10.9 Å². The molecule has 3 nitrogen and oxygen atoms in total. The topological polar surface area (TPSA) is 33.2 Å². The van der Waals surface area contributed by atoms with Gasteiger partial charge in [-0.05, 0) is 30.5 Å². The summed E-state index contributed by atoms with van der Waals surface area (Å²) < 4.78 is 0. The molecule has 0 unspecified atom stereocenters. The van der Waals surface area contributed by atoms with Gasteiger partial charge >= 0.3 is 0 Å². The van der Waals surface area contributed by atoms with Gasteiger partial charge in [0.15, 0.2) is 0 Å². The predicted octanol–water partition coefficient (Wildman–Crippen LogP) is 3.96. The van der Waals surface area contributed by atoms with Crippen LogP contribution >= 0.6 is 11.3 Å². The average molecular weight is 296 g/mol. The fraction of sp³-hybridized carbons (Fsp3) is 0.176. The first-order valence-corrected chi connectivity index (χ1v) is 7.83. The molecule has 2 heterocycles. The van der Waals surface area contributed by atoms with E-state index in [9.17, 15) is 4.79 Å². The van der Waals surface area contributed by atoms with Crippen molar-refractivity contribution in [2.45, 2.75) is 13.5 Å². The zero-order chi connectivity index (χ0) is 14.7.